The number of aromatic nitrogens is 2. The van der Waals surface area contributed by atoms with Gasteiger partial charge in [0.1, 0.15) is 29.2 Å². The first-order chi connectivity index (χ1) is 19.6. The maximum Gasteiger partial charge on any atom is 0.297 e. The molecule has 190 valence electrons. The van der Waals surface area contributed by atoms with E-state index in [1.54, 1.807) is 0 Å². The molecule has 0 saturated heterocycles. The van der Waals surface area contributed by atoms with E-state index in [0.29, 0.717) is 5.56 Å². The van der Waals surface area contributed by atoms with Gasteiger partial charge in [0.2, 0.25) is 0 Å². The number of imidazole rings is 1. The van der Waals surface area contributed by atoms with Crippen molar-refractivity contribution >= 4 is 21.9 Å². The van der Waals surface area contributed by atoms with Gasteiger partial charge in [-0.2, -0.15) is 9.83 Å². The van der Waals surface area contributed by atoms with Crippen LogP contribution in [0.25, 0.3) is 61.3 Å². The molecule has 4 nitrogen and oxygen atoms in total. The molecule has 0 spiro atoms. The fourth-order valence-electron chi connectivity index (χ4n) is 5.72. The van der Waals surface area contributed by atoms with E-state index in [4.69, 9.17) is 4.42 Å². The second kappa shape index (κ2) is 9.41. The van der Waals surface area contributed by atoms with Crippen LogP contribution in [0.1, 0.15) is 11.1 Å². The fraction of sp³-hybridized carbons (Fsp3) is 0.0556. The molecule has 0 fully saturated rings. The fourth-order valence-corrected chi connectivity index (χ4v) is 5.72. The normalized spacial score (nSPS) is 11.2. The van der Waals surface area contributed by atoms with Crippen molar-refractivity contribution in [1.29, 1.82) is 5.26 Å². The maximum absolute atomic E-state index is 10.1. The van der Waals surface area contributed by atoms with Crippen LogP contribution in [0.4, 0.5) is 0 Å². The van der Waals surface area contributed by atoms with E-state index in [9.17, 15) is 5.26 Å². The van der Waals surface area contributed by atoms with E-state index in [-0.39, 0.29) is 0 Å². The summed E-state index contributed by atoms with van der Waals surface area (Å²) in [5.41, 5.74) is 9.37. The van der Waals surface area contributed by atoms with Gasteiger partial charge in [0.05, 0.1) is 18.7 Å². The van der Waals surface area contributed by atoms with Crippen molar-refractivity contribution in [3.63, 3.8) is 0 Å². The standard InChI is InChI=1S/C36H26N3O/c1-24-16-18-30-31-19-17-28(23-37)33(27-13-9-12-26(22-27)25-10-5-3-6-11-25)35(31)40-34(30)32(24)36-38(2)20-21-39(36)29-14-7-4-8-15-29/h3-22H,1-2H3/q+1. The molecule has 0 aliphatic carbocycles. The highest BCUT2D eigenvalue weighted by atomic mass is 16.3. The molecule has 7 aromatic rings. The van der Waals surface area contributed by atoms with Crippen LogP contribution in [-0.4, -0.2) is 4.57 Å². The molecule has 2 heterocycles. The van der Waals surface area contributed by atoms with Gasteiger partial charge in [0, 0.05) is 16.3 Å². The van der Waals surface area contributed by atoms with E-state index in [0.717, 1.165) is 66.8 Å². The molecule has 4 heteroatoms. The molecular formula is C36H26N3O+. The van der Waals surface area contributed by atoms with Gasteiger partial charge in [-0.3, -0.25) is 0 Å². The predicted octanol–water partition coefficient (Wildman–Crippen LogP) is 8.38. The zero-order valence-electron chi connectivity index (χ0n) is 22.3. The molecule has 7 rings (SSSR count). The first-order valence-electron chi connectivity index (χ1n) is 13.3. The molecule has 0 bridgehead atoms. The van der Waals surface area contributed by atoms with E-state index < -0.39 is 0 Å². The summed E-state index contributed by atoms with van der Waals surface area (Å²) >= 11 is 0. The van der Waals surface area contributed by atoms with Crippen LogP contribution >= 0.6 is 0 Å². The molecule has 0 radical (unpaired) electrons. The second-order valence-electron chi connectivity index (χ2n) is 10.1. The van der Waals surface area contributed by atoms with Gasteiger partial charge in [0.15, 0.2) is 5.58 Å². The minimum Gasteiger partial charge on any atom is -0.454 e. The smallest absolute Gasteiger partial charge is 0.297 e. The number of benzene rings is 5. The Balaban J connectivity index is 1.52. The molecule has 0 unspecified atom stereocenters. The van der Waals surface area contributed by atoms with Gasteiger partial charge < -0.3 is 4.42 Å². The molecule has 0 N–H and O–H groups in total. The molecule has 2 aromatic heterocycles. The minimum atomic E-state index is 0.591. The van der Waals surface area contributed by atoms with Gasteiger partial charge in [-0.05, 0) is 59.5 Å². The Bertz CT molecular complexity index is 2080. The number of hydrogen-bond donors (Lipinski definition) is 0. The van der Waals surface area contributed by atoms with Gasteiger partial charge in [-0.15, -0.1) is 0 Å². The van der Waals surface area contributed by atoms with Crippen LogP contribution in [0.3, 0.4) is 0 Å². The molecule has 0 saturated carbocycles. The molecule has 5 aromatic carbocycles. The number of para-hydroxylation sites is 1. The molecule has 0 aliphatic heterocycles. The number of hydrogen-bond acceptors (Lipinski definition) is 2. The average molecular weight is 517 g/mol. The molecule has 40 heavy (non-hydrogen) atoms. The summed E-state index contributed by atoms with van der Waals surface area (Å²) < 4.78 is 11.2. The Hall–Kier alpha value is -5.40. The number of furan rings is 1. The summed E-state index contributed by atoms with van der Waals surface area (Å²) in [4.78, 5) is 0. The van der Waals surface area contributed by atoms with Crippen molar-refractivity contribution in [3.8, 4) is 45.4 Å². The molecular weight excluding hydrogens is 490 g/mol. The summed E-state index contributed by atoms with van der Waals surface area (Å²) in [6.07, 6.45) is 4.15. The number of nitriles is 1. The third kappa shape index (κ3) is 3.72. The van der Waals surface area contributed by atoms with Crippen LogP contribution in [0.5, 0.6) is 0 Å². The summed E-state index contributed by atoms with van der Waals surface area (Å²) in [6, 6.07) is 39.6. The third-order valence-corrected chi connectivity index (χ3v) is 7.66. The van der Waals surface area contributed by atoms with Crippen LogP contribution in [0.2, 0.25) is 0 Å². The van der Waals surface area contributed by atoms with Crippen molar-refractivity contribution in [3.05, 3.63) is 133 Å². The van der Waals surface area contributed by atoms with E-state index in [1.807, 2.05) is 54.6 Å². The lowest BCUT2D eigenvalue weighted by Crippen LogP contribution is -2.29. The number of fused-ring (bicyclic) bond motifs is 3. The zero-order valence-corrected chi connectivity index (χ0v) is 22.3. The Morgan fingerprint density at radius 2 is 1.35 bits per heavy atom. The van der Waals surface area contributed by atoms with Crippen molar-refractivity contribution < 1.29 is 8.98 Å². The Labute approximate surface area is 232 Å². The SMILES string of the molecule is Cc1ccc2c(oc3c(-c4cccc(-c5ccccc5)c4)c(C#N)ccc32)c1-c1n(-c2ccccc2)cc[n+]1C. The quantitative estimate of drug-likeness (QED) is 0.221. The number of aryl methyl sites for hydroxylation is 2. The van der Waals surface area contributed by atoms with Crippen LogP contribution in [-0.2, 0) is 7.05 Å². The van der Waals surface area contributed by atoms with E-state index in [2.05, 4.69) is 96.2 Å². The van der Waals surface area contributed by atoms with Crippen molar-refractivity contribution in [1.82, 2.24) is 4.57 Å². The van der Waals surface area contributed by atoms with Crippen molar-refractivity contribution in [2.75, 3.05) is 0 Å². The molecule has 0 atom stereocenters. The number of nitrogens with zero attached hydrogens (tertiary/aromatic N) is 3. The van der Waals surface area contributed by atoms with Crippen LogP contribution in [0, 0.1) is 18.3 Å². The van der Waals surface area contributed by atoms with E-state index >= 15 is 0 Å². The van der Waals surface area contributed by atoms with Gasteiger partial charge in [-0.25, -0.2) is 4.57 Å². The van der Waals surface area contributed by atoms with Crippen molar-refractivity contribution in [2.45, 2.75) is 6.92 Å². The minimum absolute atomic E-state index is 0.591. The van der Waals surface area contributed by atoms with Gasteiger partial charge >= 0.3 is 0 Å². The highest BCUT2D eigenvalue weighted by molar-refractivity contribution is 6.14. The predicted molar refractivity (Wildman–Crippen MR) is 160 cm³/mol. The average Bonchev–Trinajstić information content (AvgIpc) is 3.57. The third-order valence-electron chi connectivity index (χ3n) is 7.66. The first-order valence-corrected chi connectivity index (χ1v) is 13.3. The first kappa shape index (κ1) is 23.7. The summed E-state index contributed by atoms with van der Waals surface area (Å²) in [7, 11) is 2.06. The highest BCUT2D eigenvalue weighted by Crippen LogP contribution is 2.42. The largest absolute Gasteiger partial charge is 0.454 e. The molecule has 0 amide bonds. The second-order valence-corrected chi connectivity index (χ2v) is 10.1. The summed E-state index contributed by atoms with van der Waals surface area (Å²) in [6.45, 7) is 2.12. The van der Waals surface area contributed by atoms with Crippen molar-refractivity contribution in [2.24, 2.45) is 7.05 Å². The molecule has 0 aliphatic rings. The lowest BCUT2D eigenvalue weighted by molar-refractivity contribution is -0.659. The maximum atomic E-state index is 10.1. The Morgan fingerprint density at radius 1 is 0.700 bits per heavy atom. The zero-order chi connectivity index (χ0) is 27.2. The summed E-state index contributed by atoms with van der Waals surface area (Å²) in [5, 5.41) is 12.2. The highest BCUT2D eigenvalue weighted by Gasteiger charge is 2.27. The lowest BCUT2D eigenvalue weighted by atomic mass is 9.94. The Kier molecular flexibility index (Phi) is 5.58. The topological polar surface area (TPSA) is 45.7 Å². The summed E-state index contributed by atoms with van der Waals surface area (Å²) in [5.74, 6) is 1.03. The van der Waals surface area contributed by atoms with Gasteiger partial charge in [-0.1, -0.05) is 78.9 Å². The van der Waals surface area contributed by atoms with Gasteiger partial charge in [0.25, 0.3) is 5.82 Å². The number of rotatable bonds is 4. The van der Waals surface area contributed by atoms with Crippen LogP contribution < -0.4 is 4.57 Å². The Morgan fingerprint density at radius 3 is 2.10 bits per heavy atom. The lowest BCUT2D eigenvalue weighted by Gasteiger charge is -2.08. The van der Waals surface area contributed by atoms with Crippen LogP contribution in [0.15, 0.2) is 126 Å². The monoisotopic (exact) mass is 516 g/mol. The van der Waals surface area contributed by atoms with E-state index in [1.165, 1.54) is 0 Å².